The largest absolute Gasteiger partial charge is 0.491 e. The van der Waals surface area contributed by atoms with Crippen LogP contribution in [0.15, 0.2) is 24.3 Å². The average molecular weight is 188 g/mol. The molecule has 0 saturated heterocycles. The van der Waals surface area contributed by atoms with Crippen molar-refractivity contribution in [2.75, 3.05) is 0 Å². The van der Waals surface area contributed by atoms with Crippen LogP contribution in [0.4, 0.5) is 0 Å². The molecule has 0 aliphatic carbocycles. The molecule has 1 rings (SSSR count). The maximum atomic E-state index is 5.53. The Labute approximate surface area is 86.1 Å². The summed E-state index contributed by atoms with van der Waals surface area (Å²) >= 11 is 0. The summed E-state index contributed by atoms with van der Waals surface area (Å²) in [6.07, 6.45) is 7.16. The van der Waals surface area contributed by atoms with Crippen molar-refractivity contribution in [2.24, 2.45) is 0 Å². The van der Waals surface area contributed by atoms with Crippen LogP contribution in [0.3, 0.4) is 0 Å². The van der Waals surface area contributed by atoms with E-state index in [1.54, 1.807) is 0 Å². The molecule has 14 heavy (non-hydrogen) atoms. The van der Waals surface area contributed by atoms with Crippen molar-refractivity contribution in [3.8, 4) is 18.1 Å². The molecule has 1 aromatic carbocycles. The van der Waals surface area contributed by atoms with Crippen molar-refractivity contribution < 1.29 is 4.74 Å². The second-order valence-corrected chi connectivity index (χ2v) is 3.51. The van der Waals surface area contributed by atoms with Gasteiger partial charge >= 0.3 is 0 Å². The zero-order chi connectivity index (χ0) is 10.4. The maximum Gasteiger partial charge on any atom is 0.119 e. The molecule has 0 radical (unpaired) electrons. The van der Waals surface area contributed by atoms with Gasteiger partial charge in [0.2, 0.25) is 0 Å². The molecule has 0 fully saturated rings. The highest BCUT2D eigenvalue weighted by Crippen LogP contribution is 2.14. The first-order chi connectivity index (χ1) is 6.72. The van der Waals surface area contributed by atoms with Gasteiger partial charge < -0.3 is 4.74 Å². The number of benzene rings is 1. The summed E-state index contributed by atoms with van der Waals surface area (Å²) in [4.78, 5) is 0. The quantitative estimate of drug-likeness (QED) is 0.660. The molecule has 74 valence electrons. The third-order valence-electron chi connectivity index (χ3n) is 1.85. The number of terminal acetylenes is 1. The van der Waals surface area contributed by atoms with E-state index in [1.165, 1.54) is 5.56 Å². The van der Waals surface area contributed by atoms with Crippen LogP contribution in [-0.4, -0.2) is 6.10 Å². The van der Waals surface area contributed by atoms with Crippen molar-refractivity contribution in [3.05, 3.63) is 29.8 Å². The molecular formula is C13H16O. The van der Waals surface area contributed by atoms with Crippen molar-refractivity contribution in [1.29, 1.82) is 0 Å². The molecule has 0 saturated carbocycles. The van der Waals surface area contributed by atoms with E-state index in [0.717, 1.165) is 18.6 Å². The van der Waals surface area contributed by atoms with E-state index < -0.39 is 0 Å². The second-order valence-electron chi connectivity index (χ2n) is 3.51. The van der Waals surface area contributed by atoms with Gasteiger partial charge in [-0.05, 0) is 38.0 Å². The molecule has 1 heteroatoms. The normalized spacial score (nSPS) is 9.86. The fraction of sp³-hybridized carbons (Fsp3) is 0.385. The SMILES string of the molecule is C#CCCc1ccc(OC(C)C)cc1. The van der Waals surface area contributed by atoms with Crippen molar-refractivity contribution in [2.45, 2.75) is 32.8 Å². The molecule has 0 aromatic heterocycles. The van der Waals surface area contributed by atoms with Crippen molar-refractivity contribution >= 4 is 0 Å². The summed E-state index contributed by atoms with van der Waals surface area (Å²) in [6, 6.07) is 8.11. The highest BCUT2D eigenvalue weighted by molar-refractivity contribution is 5.27. The zero-order valence-electron chi connectivity index (χ0n) is 8.79. The van der Waals surface area contributed by atoms with Gasteiger partial charge in [0.15, 0.2) is 0 Å². The maximum absolute atomic E-state index is 5.53. The Morgan fingerprint density at radius 1 is 1.29 bits per heavy atom. The molecule has 1 nitrogen and oxygen atoms in total. The monoisotopic (exact) mass is 188 g/mol. The minimum absolute atomic E-state index is 0.228. The number of rotatable bonds is 4. The number of hydrogen-bond acceptors (Lipinski definition) is 1. The second kappa shape index (κ2) is 5.34. The van der Waals surface area contributed by atoms with Gasteiger partial charge in [-0.2, -0.15) is 0 Å². The van der Waals surface area contributed by atoms with Gasteiger partial charge in [0.25, 0.3) is 0 Å². The minimum Gasteiger partial charge on any atom is -0.491 e. The lowest BCUT2D eigenvalue weighted by Crippen LogP contribution is -2.05. The first-order valence-corrected chi connectivity index (χ1v) is 4.91. The lowest BCUT2D eigenvalue weighted by atomic mass is 10.1. The summed E-state index contributed by atoms with van der Waals surface area (Å²) in [5.74, 6) is 3.55. The van der Waals surface area contributed by atoms with E-state index in [4.69, 9.17) is 11.2 Å². The third-order valence-corrected chi connectivity index (χ3v) is 1.85. The van der Waals surface area contributed by atoms with E-state index in [0.29, 0.717) is 0 Å². The Morgan fingerprint density at radius 3 is 2.43 bits per heavy atom. The molecule has 0 atom stereocenters. The summed E-state index contributed by atoms with van der Waals surface area (Å²) < 4.78 is 5.53. The number of hydrogen-bond donors (Lipinski definition) is 0. The van der Waals surface area contributed by atoms with Crippen LogP contribution in [-0.2, 0) is 6.42 Å². The summed E-state index contributed by atoms with van der Waals surface area (Å²) in [6.45, 7) is 4.04. The predicted molar refractivity (Wildman–Crippen MR) is 59.4 cm³/mol. The molecule has 0 N–H and O–H groups in total. The van der Waals surface area contributed by atoms with Crippen LogP contribution in [0.5, 0.6) is 5.75 Å². The van der Waals surface area contributed by atoms with Crippen LogP contribution in [0.2, 0.25) is 0 Å². The van der Waals surface area contributed by atoms with E-state index in [2.05, 4.69) is 18.1 Å². The van der Waals surface area contributed by atoms with Crippen molar-refractivity contribution in [3.63, 3.8) is 0 Å². The van der Waals surface area contributed by atoms with Gasteiger partial charge in [0, 0.05) is 6.42 Å². The van der Waals surface area contributed by atoms with Gasteiger partial charge in [-0.3, -0.25) is 0 Å². The van der Waals surface area contributed by atoms with E-state index in [9.17, 15) is 0 Å². The molecule has 0 spiro atoms. The Kier molecular flexibility index (Phi) is 4.07. The molecule has 0 aliphatic heterocycles. The first kappa shape index (κ1) is 10.7. The molecule has 0 amide bonds. The van der Waals surface area contributed by atoms with Crippen molar-refractivity contribution in [1.82, 2.24) is 0 Å². The Hall–Kier alpha value is -1.42. The van der Waals surface area contributed by atoms with Crippen LogP contribution in [0, 0.1) is 12.3 Å². The Bertz CT molecular complexity index is 303. The molecule has 1 aromatic rings. The Morgan fingerprint density at radius 2 is 1.93 bits per heavy atom. The fourth-order valence-corrected chi connectivity index (χ4v) is 1.22. The van der Waals surface area contributed by atoms with E-state index in [-0.39, 0.29) is 6.10 Å². The van der Waals surface area contributed by atoms with Crippen LogP contribution >= 0.6 is 0 Å². The predicted octanol–water partition coefficient (Wildman–Crippen LogP) is 3.04. The summed E-state index contributed by atoms with van der Waals surface area (Å²) in [5.41, 5.74) is 1.26. The molecule has 0 heterocycles. The third kappa shape index (κ3) is 3.53. The fourth-order valence-electron chi connectivity index (χ4n) is 1.22. The number of ether oxygens (including phenoxy) is 1. The lowest BCUT2D eigenvalue weighted by Gasteiger charge is -2.09. The Balaban J connectivity index is 2.56. The zero-order valence-corrected chi connectivity index (χ0v) is 8.79. The average Bonchev–Trinajstić information content (AvgIpc) is 2.16. The van der Waals surface area contributed by atoms with Gasteiger partial charge in [0.05, 0.1) is 6.10 Å². The van der Waals surface area contributed by atoms with Gasteiger partial charge in [-0.15, -0.1) is 12.3 Å². The molecular weight excluding hydrogens is 172 g/mol. The van der Waals surface area contributed by atoms with Gasteiger partial charge in [-0.25, -0.2) is 0 Å². The lowest BCUT2D eigenvalue weighted by molar-refractivity contribution is 0.242. The van der Waals surface area contributed by atoms with Gasteiger partial charge in [0.1, 0.15) is 5.75 Å². The van der Waals surface area contributed by atoms with Crippen LogP contribution in [0.25, 0.3) is 0 Å². The summed E-state index contributed by atoms with van der Waals surface area (Å²) in [7, 11) is 0. The smallest absolute Gasteiger partial charge is 0.119 e. The van der Waals surface area contributed by atoms with E-state index in [1.807, 2.05) is 26.0 Å². The van der Waals surface area contributed by atoms with E-state index >= 15 is 0 Å². The topological polar surface area (TPSA) is 9.23 Å². The molecule has 0 bridgehead atoms. The highest BCUT2D eigenvalue weighted by Gasteiger charge is 1.97. The molecule has 0 unspecified atom stereocenters. The minimum atomic E-state index is 0.228. The summed E-state index contributed by atoms with van der Waals surface area (Å²) in [5, 5.41) is 0. The van der Waals surface area contributed by atoms with Crippen LogP contribution < -0.4 is 4.74 Å². The first-order valence-electron chi connectivity index (χ1n) is 4.91. The van der Waals surface area contributed by atoms with Crippen LogP contribution in [0.1, 0.15) is 25.8 Å². The standard InChI is InChI=1S/C13H16O/c1-4-5-6-12-7-9-13(10-8-12)14-11(2)3/h1,7-11H,5-6H2,2-3H3. The number of aryl methyl sites for hydroxylation is 1. The molecule has 0 aliphatic rings. The highest BCUT2D eigenvalue weighted by atomic mass is 16.5. The van der Waals surface area contributed by atoms with Gasteiger partial charge in [-0.1, -0.05) is 12.1 Å².